The van der Waals surface area contributed by atoms with E-state index >= 15 is 0 Å². The molecule has 0 heterocycles. The van der Waals surface area contributed by atoms with E-state index in [4.69, 9.17) is 5.11 Å². The Hall–Kier alpha value is -0.740. The van der Waals surface area contributed by atoms with Crippen LogP contribution in [0.25, 0.3) is 0 Å². The second-order valence-electron chi connectivity index (χ2n) is 2.83. The molecule has 76 valence electrons. The Kier molecular flexibility index (Phi) is 4.22. The molecule has 0 unspecified atom stereocenters. The molecule has 4 heteroatoms. The van der Waals surface area contributed by atoms with Gasteiger partial charge in [0.05, 0.1) is 6.61 Å². The van der Waals surface area contributed by atoms with Gasteiger partial charge in [0, 0.05) is 22.9 Å². The zero-order valence-electron chi connectivity index (χ0n) is 7.46. The van der Waals surface area contributed by atoms with Gasteiger partial charge in [0.25, 0.3) is 0 Å². The molecule has 0 aromatic heterocycles. The number of aliphatic hydroxyl groups is 1. The fourth-order valence-electron chi connectivity index (χ4n) is 1.10. The highest BCUT2D eigenvalue weighted by molar-refractivity contribution is 9.09. The standard InChI is InChI=1S/C10H10BrFO2/c11-4-3-10(14)7-1-2-9(12)8(5-7)6-13/h1-2,5,13H,3-4,6H2. The van der Waals surface area contributed by atoms with Crippen molar-refractivity contribution in [1.82, 2.24) is 0 Å². The minimum absolute atomic E-state index is 0.0587. The first-order valence-electron chi connectivity index (χ1n) is 4.17. The quantitative estimate of drug-likeness (QED) is 0.667. The number of benzene rings is 1. The maximum atomic E-state index is 12.9. The molecule has 0 saturated carbocycles. The van der Waals surface area contributed by atoms with Crippen molar-refractivity contribution in [1.29, 1.82) is 0 Å². The van der Waals surface area contributed by atoms with Gasteiger partial charge in [0.15, 0.2) is 5.78 Å². The topological polar surface area (TPSA) is 37.3 Å². The molecule has 1 aromatic rings. The van der Waals surface area contributed by atoms with E-state index in [9.17, 15) is 9.18 Å². The summed E-state index contributed by atoms with van der Waals surface area (Å²) in [6.07, 6.45) is 0.372. The smallest absolute Gasteiger partial charge is 0.163 e. The fourth-order valence-corrected chi connectivity index (χ4v) is 1.46. The number of carbonyl (C=O) groups is 1. The van der Waals surface area contributed by atoms with E-state index in [1.165, 1.54) is 18.2 Å². The molecule has 0 radical (unpaired) electrons. The molecular formula is C10H10BrFO2. The summed E-state index contributed by atoms with van der Waals surface area (Å²) in [5, 5.41) is 9.38. The van der Waals surface area contributed by atoms with Crippen LogP contribution in [0, 0.1) is 5.82 Å². The van der Waals surface area contributed by atoms with Crippen molar-refractivity contribution in [2.24, 2.45) is 0 Å². The number of aliphatic hydroxyl groups excluding tert-OH is 1. The number of hydrogen-bond donors (Lipinski definition) is 1. The summed E-state index contributed by atoms with van der Waals surface area (Å²) in [6, 6.07) is 4.02. The van der Waals surface area contributed by atoms with Crippen LogP contribution in [0.4, 0.5) is 4.39 Å². The van der Waals surface area contributed by atoms with Gasteiger partial charge in [-0.25, -0.2) is 4.39 Å². The summed E-state index contributed by atoms with van der Waals surface area (Å²) < 4.78 is 12.9. The van der Waals surface area contributed by atoms with E-state index in [0.717, 1.165) is 0 Å². The van der Waals surface area contributed by atoms with Crippen molar-refractivity contribution >= 4 is 21.7 Å². The van der Waals surface area contributed by atoms with Crippen LogP contribution in [0.2, 0.25) is 0 Å². The Morgan fingerprint density at radius 2 is 2.21 bits per heavy atom. The Morgan fingerprint density at radius 3 is 2.79 bits per heavy atom. The van der Waals surface area contributed by atoms with Crippen molar-refractivity contribution in [3.63, 3.8) is 0 Å². The number of hydrogen-bond acceptors (Lipinski definition) is 2. The number of carbonyl (C=O) groups excluding carboxylic acids is 1. The van der Waals surface area contributed by atoms with Crippen LogP contribution >= 0.6 is 15.9 Å². The molecule has 14 heavy (non-hydrogen) atoms. The number of Topliss-reactive ketones (excluding diaryl/α,β-unsaturated/α-hetero) is 1. The second-order valence-corrected chi connectivity index (χ2v) is 3.62. The molecular weight excluding hydrogens is 251 g/mol. The number of ketones is 1. The molecule has 2 nitrogen and oxygen atoms in total. The van der Waals surface area contributed by atoms with Crippen LogP contribution in [-0.4, -0.2) is 16.2 Å². The summed E-state index contributed by atoms with van der Waals surface area (Å²) in [4.78, 5) is 11.4. The third kappa shape index (κ3) is 2.62. The second kappa shape index (κ2) is 5.22. The Bertz CT molecular complexity index is 339. The monoisotopic (exact) mass is 260 g/mol. The minimum Gasteiger partial charge on any atom is -0.392 e. The third-order valence-electron chi connectivity index (χ3n) is 1.86. The van der Waals surface area contributed by atoms with E-state index in [1.54, 1.807) is 0 Å². The molecule has 0 amide bonds. The molecule has 0 saturated heterocycles. The molecule has 0 aliphatic heterocycles. The number of halogens is 2. The van der Waals surface area contributed by atoms with E-state index < -0.39 is 5.82 Å². The van der Waals surface area contributed by atoms with Crippen molar-refractivity contribution in [3.05, 3.63) is 35.1 Å². The average molecular weight is 261 g/mol. The van der Waals surface area contributed by atoms with Crippen LogP contribution < -0.4 is 0 Å². The van der Waals surface area contributed by atoms with Crippen LogP contribution in [0.3, 0.4) is 0 Å². The molecule has 1 N–H and O–H groups in total. The van der Waals surface area contributed by atoms with Crippen LogP contribution in [0.15, 0.2) is 18.2 Å². The van der Waals surface area contributed by atoms with E-state index in [2.05, 4.69) is 15.9 Å². The zero-order valence-corrected chi connectivity index (χ0v) is 9.05. The summed E-state index contributed by atoms with van der Waals surface area (Å²) in [6.45, 7) is -0.388. The summed E-state index contributed by atoms with van der Waals surface area (Å²) >= 11 is 3.15. The lowest BCUT2D eigenvalue weighted by Crippen LogP contribution is -2.01. The molecule has 0 aliphatic rings. The molecule has 0 bridgehead atoms. The predicted molar refractivity (Wildman–Crippen MR) is 55.1 cm³/mol. The highest BCUT2D eigenvalue weighted by atomic mass is 79.9. The maximum absolute atomic E-state index is 12.9. The summed E-state index contributed by atoms with van der Waals surface area (Å²) in [5.41, 5.74) is 0.598. The fraction of sp³-hybridized carbons (Fsp3) is 0.300. The van der Waals surface area contributed by atoms with E-state index in [0.29, 0.717) is 17.3 Å². The van der Waals surface area contributed by atoms with E-state index in [1.807, 2.05) is 0 Å². The SMILES string of the molecule is O=C(CCBr)c1ccc(F)c(CO)c1. The highest BCUT2D eigenvalue weighted by Gasteiger charge is 2.08. The largest absolute Gasteiger partial charge is 0.392 e. The van der Waals surface area contributed by atoms with Gasteiger partial charge in [-0.15, -0.1) is 0 Å². The van der Waals surface area contributed by atoms with Gasteiger partial charge in [0.1, 0.15) is 5.82 Å². The van der Waals surface area contributed by atoms with Crippen molar-refractivity contribution in [2.75, 3.05) is 5.33 Å². The Morgan fingerprint density at radius 1 is 1.50 bits per heavy atom. The van der Waals surface area contributed by atoms with Gasteiger partial charge >= 0.3 is 0 Å². The molecule has 1 aromatic carbocycles. The molecule has 0 atom stereocenters. The van der Waals surface area contributed by atoms with Crippen LogP contribution in [0.1, 0.15) is 22.3 Å². The summed E-state index contributed by atoms with van der Waals surface area (Å²) in [7, 11) is 0. The first kappa shape index (κ1) is 11.3. The van der Waals surface area contributed by atoms with Gasteiger partial charge in [-0.2, -0.15) is 0 Å². The lowest BCUT2D eigenvalue weighted by atomic mass is 10.1. The Balaban J connectivity index is 2.94. The van der Waals surface area contributed by atoms with Gasteiger partial charge in [-0.1, -0.05) is 15.9 Å². The lowest BCUT2D eigenvalue weighted by Gasteiger charge is -2.02. The Labute approximate surface area is 89.9 Å². The van der Waals surface area contributed by atoms with Gasteiger partial charge < -0.3 is 5.11 Å². The molecule has 1 rings (SSSR count). The third-order valence-corrected chi connectivity index (χ3v) is 2.26. The van der Waals surface area contributed by atoms with Gasteiger partial charge in [-0.05, 0) is 18.2 Å². The zero-order chi connectivity index (χ0) is 10.6. The van der Waals surface area contributed by atoms with Crippen molar-refractivity contribution < 1.29 is 14.3 Å². The van der Waals surface area contributed by atoms with Crippen molar-refractivity contribution in [3.8, 4) is 0 Å². The number of alkyl halides is 1. The maximum Gasteiger partial charge on any atom is 0.163 e. The van der Waals surface area contributed by atoms with E-state index in [-0.39, 0.29) is 18.0 Å². The molecule has 0 aliphatic carbocycles. The first-order chi connectivity index (χ1) is 6.69. The van der Waals surface area contributed by atoms with Crippen LogP contribution in [-0.2, 0) is 6.61 Å². The highest BCUT2D eigenvalue weighted by Crippen LogP contribution is 2.12. The van der Waals surface area contributed by atoms with Crippen molar-refractivity contribution in [2.45, 2.75) is 13.0 Å². The minimum atomic E-state index is -0.483. The normalized spacial score (nSPS) is 10.2. The average Bonchev–Trinajstić information content (AvgIpc) is 2.19. The molecule has 0 spiro atoms. The predicted octanol–water partition coefficient (Wildman–Crippen LogP) is 2.29. The lowest BCUT2D eigenvalue weighted by molar-refractivity contribution is 0.0989. The van der Waals surface area contributed by atoms with Gasteiger partial charge in [0.2, 0.25) is 0 Å². The first-order valence-corrected chi connectivity index (χ1v) is 5.29. The summed E-state index contributed by atoms with van der Waals surface area (Å²) in [5.74, 6) is -0.542. The van der Waals surface area contributed by atoms with Gasteiger partial charge in [-0.3, -0.25) is 4.79 Å². The molecule has 0 fully saturated rings. The van der Waals surface area contributed by atoms with Crippen LogP contribution in [0.5, 0.6) is 0 Å². The number of rotatable bonds is 4.